The van der Waals surface area contributed by atoms with Crippen LogP contribution < -0.4 is 0 Å². The first-order valence-corrected chi connectivity index (χ1v) is 8.70. The van der Waals surface area contributed by atoms with Gasteiger partial charge in [0.1, 0.15) is 6.29 Å². The summed E-state index contributed by atoms with van der Waals surface area (Å²) in [6.45, 7) is 7.41. The molecule has 0 aliphatic heterocycles. The summed E-state index contributed by atoms with van der Waals surface area (Å²) < 4.78 is 0. The van der Waals surface area contributed by atoms with Gasteiger partial charge in [-0.15, -0.1) is 0 Å². The van der Waals surface area contributed by atoms with Crippen LogP contribution in [0.25, 0.3) is 0 Å². The molecule has 0 saturated heterocycles. The SMILES string of the molecule is CC(C)(O)CCCC1=C(CCCC(C)(C)O)CC(C=O)CC1. The highest BCUT2D eigenvalue weighted by molar-refractivity contribution is 5.55. The van der Waals surface area contributed by atoms with Crippen LogP contribution in [0.1, 0.15) is 85.5 Å². The molecule has 3 heteroatoms. The van der Waals surface area contributed by atoms with Crippen LogP contribution >= 0.6 is 0 Å². The molecule has 1 atom stereocenters. The van der Waals surface area contributed by atoms with Crippen LogP contribution in [0.4, 0.5) is 0 Å². The topological polar surface area (TPSA) is 57.5 Å². The van der Waals surface area contributed by atoms with Crippen molar-refractivity contribution in [2.24, 2.45) is 5.92 Å². The fourth-order valence-electron chi connectivity index (χ4n) is 3.26. The minimum Gasteiger partial charge on any atom is -0.390 e. The molecule has 0 amide bonds. The fraction of sp³-hybridized carbons (Fsp3) is 0.842. The number of hydrogen-bond acceptors (Lipinski definition) is 3. The lowest BCUT2D eigenvalue weighted by molar-refractivity contribution is -0.111. The minimum absolute atomic E-state index is 0.176. The van der Waals surface area contributed by atoms with Gasteiger partial charge < -0.3 is 15.0 Å². The van der Waals surface area contributed by atoms with Crippen LogP contribution in [-0.4, -0.2) is 27.7 Å². The minimum atomic E-state index is -0.611. The third-order valence-corrected chi connectivity index (χ3v) is 4.55. The highest BCUT2D eigenvalue weighted by atomic mass is 16.3. The Hall–Kier alpha value is -0.670. The maximum atomic E-state index is 11.1. The second-order valence-electron chi connectivity index (χ2n) is 8.18. The highest BCUT2D eigenvalue weighted by Gasteiger charge is 2.22. The molecule has 0 aromatic carbocycles. The van der Waals surface area contributed by atoms with E-state index in [1.165, 1.54) is 11.1 Å². The van der Waals surface area contributed by atoms with Gasteiger partial charge in [0, 0.05) is 5.92 Å². The Morgan fingerprint density at radius 2 is 1.50 bits per heavy atom. The number of rotatable bonds is 9. The van der Waals surface area contributed by atoms with E-state index in [-0.39, 0.29) is 5.92 Å². The van der Waals surface area contributed by atoms with Crippen molar-refractivity contribution in [3.63, 3.8) is 0 Å². The van der Waals surface area contributed by atoms with Gasteiger partial charge >= 0.3 is 0 Å². The average Bonchev–Trinajstić information content (AvgIpc) is 2.37. The molecule has 22 heavy (non-hydrogen) atoms. The zero-order valence-electron chi connectivity index (χ0n) is 14.8. The molecule has 0 aromatic rings. The Balaban J connectivity index is 2.60. The summed E-state index contributed by atoms with van der Waals surface area (Å²) in [5.74, 6) is 0.176. The van der Waals surface area contributed by atoms with Gasteiger partial charge in [-0.2, -0.15) is 0 Å². The van der Waals surface area contributed by atoms with Crippen LogP contribution in [0, 0.1) is 5.92 Å². The quantitative estimate of drug-likeness (QED) is 0.496. The average molecular weight is 310 g/mol. The second kappa shape index (κ2) is 8.26. The first kappa shape index (κ1) is 19.4. The van der Waals surface area contributed by atoms with Crippen LogP contribution in [-0.2, 0) is 4.79 Å². The molecule has 1 unspecified atom stereocenters. The molecule has 1 aliphatic rings. The van der Waals surface area contributed by atoms with E-state index in [1.54, 1.807) is 0 Å². The maximum Gasteiger partial charge on any atom is 0.123 e. The van der Waals surface area contributed by atoms with E-state index < -0.39 is 11.2 Å². The van der Waals surface area contributed by atoms with Crippen molar-refractivity contribution in [1.82, 2.24) is 0 Å². The van der Waals surface area contributed by atoms with Crippen LogP contribution in [0.3, 0.4) is 0 Å². The molecule has 1 aliphatic carbocycles. The second-order valence-corrected chi connectivity index (χ2v) is 8.18. The molecule has 2 N–H and O–H groups in total. The predicted molar refractivity (Wildman–Crippen MR) is 90.7 cm³/mol. The molecule has 0 heterocycles. The maximum absolute atomic E-state index is 11.1. The van der Waals surface area contributed by atoms with Gasteiger partial charge in [-0.1, -0.05) is 11.1 Å². The largest absolute Gasteiger partial charge is 0.390 e. The third kappa shape index (κ3) is 8.09. The Kier molecular flexibility index (Phi) is 7.27. The molecule has 1 rings (SSSR count). The Morgan fingerprint density at radius 1 is 1.00 bits per heavy atom. The van der Waals surface area contributed by atoms with E-state index in [2.05, 4.69) is 0 Å². The summed E-state index contributed by atoms with van der Waals surface area (Å²) in [4.78, 5) is 11.1. The molecular formula is C19H34O3. The number of allylic oxidation sites excluding steroid dienone is 2. The smallest absolute Gasteiger partial charge is 0.123 e. The van der Waals surface area contributed by atoms with E-state index in [0.717, 1.165) is 64.1 Å². The Bertz CT molecular complexity index is 382. The molecule has 0 fully saturated rings. The van der Waals surface area contributed by atoms with Crippen molar-refractivity contribution in [3.8, 4) is 0 Å². The highest BCUT2D eigenvalue weighted by Crippen LogP contribution is 2.35. The Labute approximate surface area is 135 Å². The van der Waals surface area contributed by atoms with Crippen LogP contribution in [0.15, 0.2) is 11.1 Å². The van der Waals surface area contributed by atoms with Gasteiger partial charge in [0.05, 0.1) is 11.2 Å². The van der Waals surface area contributed by atoms with E-state index >= 15 is 0 Å². The first-order chi connectivity index (χ1) is 10.1. The van der Waals surface area contributed by atoms with Crippen LogP contribution in [0.5, 0.6) is 0 Å². The van der Waals surface area contributed by atoms with Crippen molar-refractivity contribution in [2.75, 3.05) is 0 Å². The number of carbonyl (C=O) groups is 1. The molecule has 128 valence electrons. The molecule has 3 nitrogen and oxygen atoms in total. The van der Waals surface area contributed by atoms with Gasteiger partial charge in [-0.05, 0) is 85.5 Å². The zero-order valence-corrected chi connectivity index (χ0v) is 14.8. The van der Waals surface area contributed by atoms with Crippen molar-refractivity contribution in [3.05, 3.63) is 11.1 Å². The van der Waals surface area contributed by atoms with Gasteiger partial charge in [0.15, 0.2) is 0 Å². The lowest BCUT2D eigenvalue weighted by Crippen LogP contribution is -2.19. The van der Waals surface area contributed by atoms with Crippen molar-refractivity contribution >= 4 is 6.29 Å². The monoisotopic (exact) mass is 310 g/mol. The molecule has 0 bridgehead atoms. The molecular weight excluding hydrogens is 276 g/mol. The summed E-state index contributed by atoms with van der Waals surface area (Å²) in [6, 6.07) is 0. The van der Waals surface area contributed by atoms with E-state index in [0.29, 0.717) is 0 Å². The van der Waals surface area contributed by atoms with Gasteiger partial charge in [0.2, 0.25) is 0 Å². The van der Waals surface area contributed by atoms with Gasteiger partial charge in [0.25, 0.3) is 0 Å². The lowest BCUT2D eigenvalue weighted by Gasteiger charge is -2.26. The molecule has 0 radical (unpaired) electrons. The zero-order chi connectivity index (χ0) is 16.8. The summed E-state index contributed by atoms with van der Waals surface area (Å²) in [7, 11) is 0. The summed E-state index contributed by atoms with van der Waals surface area (Å²) in [5, 5.41) is 19.7. The van der Waals surface area contributed by atoms with E-state index in [4.69, 9.17) is 0 Å². The van der Waals surface area contributed by atoms with Crippen molar-refractivity contribution in [1.29, 1.82) is 0 Å². The fourth-order valence-corrected chi connectivity index (χ4v) is 3.26. The third-order valence-electron chi connectivity index (χ3n) is 4.55. The van der Waals surface area contributed by atoms with E-state index in [1.807, 2.05) is 27.7 Å². The molecule has 0 saturated carbocycles. The van der Waals surface area contributed by atoms with Crippen LogP contribution in [0.2, 0.25) is 0 Å². The molecule has 0 aromatic heterocycles. The summed E-state index contributed by atoms with van der Waals surface area (Å²) in [6.07, 6.45) is 9.59. The van der Waals surface area contributed by atoms with Gasteiger partial charge in [-0.3, -0.25) is 0 Å². The van der Waals surface area contributed by atoms with Crippen molar-refractivity contribution in [2.45, 2.75) is 96.7 Å². The normalized spacial score (nSPS) is 20.4. The standard InChI is InChI=1S/C19H34O3/c1-18(2,21)11-5-7-16-10-9-15(14-20)13-17(16)8-6-12-19(3,4)22/h14-15,21-22H,5-13H2,1-4H3. The van der Waals surface area contributed by atoms with Crippen molar-refractivity contribution < 1.29 is 15.0 Å². The van der Waals surface area contributed by atoms with Gasteiger partial charge in [-0.25, -0.2) is 0 Å². The summed E-state index contributed by atoms with van der Waals surface area (Å²) >= 11 is 0. The first-order valence-electron chi connectivity index (χ1n) is 8.70. The lowest BCUT2D eigenvalue weighted by atomic mass is 9.80. The molecule has 0 spiro atoms. The number of hydrogen-bond donors (Lipinski definition) is 2. The van der Waals surface area contributed by atoms with E-state index in [9.17, 15) is 15.0 Å². The summed E-state index contributed by atoms with van der Waals surface area (Å²) in [5.41, 5.74) is 1.73. The number of carbonyl (C=O) groups excluding carboxylic acids is 1. The predicted octanol–water partition coefficient (Wildman–Crippen LogP) is 4.16. The number of aldehydes is 1. The number of aliphatic hydroxyl groups is 2. The Morgan fingerprint density at radius 3 is 1.95 bits per heavy atom.